The SMILES string of the molecule is CCC(C(=O)NCCCC(=O)[C@@H](O)[C@H](O)[C@H](O)[C@@H](O)C(=O)NCCCC(=O)C(CC(=O)NC(C)C(=O)O[C@]1(CC)C(=O)OCc2c1cc1n(c2=O)Cc2cc3ccccc3nc2-1)NC(=O)CCOCCC(C)=O)C(C)(C)C. The number of para-hydroxylation sites is 1. The number of carbonyl (C=O) groups is 9. The number of cyclic esters (lactones) is 1. The first kappa shape index (κ1) is 61.1. The Hall–Kier alpha value is -6.79. The van der Waals surface area contributed by atoms with E-state index in [0.29, 0.717) is 23.3 Å². The first-order valence-corrected chi connectivity index (χ1v) is 25.9. The van der Waals surface area contributed by atoms with E-state index in [1.54, 1.807) is 13.0 Å². The van der Waals surface area contributed by atoms with Gasteiger partial charge in [0.25, 0.3) is 11.5 Å². The number of benzene rings is 1. The monoisotopic (exact) mass is 1080 g/mol. The lowest BCUT2D eigenvalue weighted by Crippen LogP contribution is -2.52. The van der Waals surface area contributed by atoms with E-state index in [9.17, 15) is 68.4 Å². The highest BCUT2D eigenvalue weighted by Crippen LogP contribution is 2.41. The quantitative estimate of drug-likeness (QED) is 0.0276. The van der Waals surface area contributed by atoms with Gasteiger partial charge in [0.05, 0.1) is 54.7 Å². The molecule has 0 spiro atoms. The minimum Gasteiger partial charge on any atom is -0.457 e. The zero-order valence-corrected chi connectivity index (χ0v) is 44.6. The molecule has 0 fully saturated rings. The molecule has 2 aromatic heterocycles. The van der Waals surface area contributed by atoms with Crippen molar-refractivity contribution < 1.29 is 77.8 Å². The van der Waals surface area contributed by atoms with Crippen molar-refractivity contribution in [2.45, 2.75) is 162 Å². The highest BCUT2D eigenvalue weighted by atomic mass is 16.6. The second-order valence-corrected chi connectivity index (χ2v) is 20.5. The number of hydrogen-bond donors (Lipinski definition) is 8. The van der Waals surface area contributed by atoms with Gasteiger partial charge < -0.3 is 60.5 Å². The Morgan fingerprint density at radius 1 is 0.818 bits per heavy atom. The number of esters is 2. The fraction of sp³-hybridized carbons (Fsp3) is 0.574. The van der Waals surface area contributed by atoms with Crippen LogP contribution >= 0.6 is 0 Å². The molecule has 0 saturated carbocycles. The molecule has 3 unspecified atom stereocenters. The fourth-order valence-corrected chi connectivity index (χ4v) is 9.29. The molecule has 2 aliphatic heterocycles. The molecule has 420 valence electrons. The van der Waals surface area contributed by atoms with E-state index in [4.69, 9.17) is 19.2 Å². The Bertz CT molecular complexity index is 2770. The summed E-state index contributed by atoms with van der Waals surface area (Å²) in [5, 5.41) is 52.6. The maximum Gasteiger partial charge on any atom is 0.355 e. The standard InChI is InChI=1S/C54H72N6O17/c1-8-34(53(5,6)7)48(70)55-20-13-17-40(63)44(66)45(67)46(68)47(69)49(71)56-21-12-16-39(62)37(58-41(64)19-23-75-22-18-29(3)61)26-42(65)57-30(4)51(73)77-54(9-2)35-25-38-43-32(24-31-14-10-11-15-36(31)59-43)27-60(38)50(72)33(35)28-76-52(54)74/h10-11,14-15,24-25,30,34,37,44-47,66-69H,8-9,12-13,16-23,26-28H2,1-7H3,(H,55,70)(H,56,71)(H,57,65)(H,58,64)/t30?,34?,37?,44-,45+,46+,47-,54+/m1/s1. The lowest BCUT2D eigenvalue weighted by Gasteiger charge is -2.36. The molecule has 4 amide bonds. The van der Waals surface area contributed by atoms with Gasteiger partial charge in [-0.1, -0.05) is 52.8 Å². The summed E-state index contributed by atoms with van der Waals surface area (Å²) in [4.78, 5) is 136. The van der Waals surface area contributed by atoms with Crippen LogP contribution in [0.1, 0.15) is 123 Å². The number of ether oxygens (including phenoxy) is 3. The summed E-state index contributed by atoms with van der Waals surface area (Å²) in [7, 11) is 0. The van der Waals surface area contributed by atoms with Crippen molar-refractivity contribution in [1.29, 1.82) is 0 Å². The van der Waals surface area contributed by atoms with Crippen LogP contribution in [0.2, 0.25) is 0 Å². The topological polar surface area (TPSA) is 345 Å². The molecular formula is C54H72N6O17. The van der Waals surface area contributed by atoms with Gasteiger partial charge in [-0.2, -0.15) is 0 Å². The number of nitrogens with zero attached hydrogens (tertiary/aromatic N) is 2. The van der Waals surface area contributed by atoms with Gasteiger partial charge in [-0.05, 0) is 63.1 Å². The maximum absolute atomic E-state index is 14.0. The first-order chi connectivity index (χ1) is 36.3. The molecule has 0 radical (unpaired) electrons. The molecule has 8 N–H and O–H groups in total. The van der Waals surface area contributed by atoms with E-state index in [2.05, 4.69) is 21.3 Å². The van der Waals surface area contributed by atoms with Crippen molar-refractivity contribution in [3.05, 3.63) is 63.4 Å². The number of nitrogens with one attached hydrogen (secondary N) is 4. The normalized spacial score (nSPS) is 17.4. The third-order valence-electron chi connectivity index (χ3n) is 13.7. The summed E-state index contributed by atoms with van der Waals surface area (Å²) in [6.45, 7) is 11.4. The Morgan fingerprint density at radius 2 is 1.45 bits per heavy atom. The average molecular weight is 1080 g/mol. The van der Waals surface area contributed by atoms with Crippen molar-refractivity contribution in [1.82, 2.24) is 30.8 Å². The van der Waals surface area contributed by atoms with Crippen molar-refractivity contribution >= 4 is 63.8 Å². The maximum atomic E-state index is 14.0. The minimum atomic E-state index is -2.33. The fourth-order valence-electron chi connectivity index (χ4n) is 9.29. The molecule has 1 aromatic carbocycles. The molecule has 0 aliphatic carbocycles. The van der Waals surface area contributed by atoms with E-state index in [-0.39, 0.29) is 119 Å². The van der Waals surface area contributed by atoms with Gasteiger partial charge in [0.1, 0.15) is 36.7 Å². The molecule has 8 atom stereocenters. The Labute approximate surface area is 445 Å². The van der Waals surface area contributed by atoms with Gasteiger partial charge in [-0.3, -0.25) is 38.4 Å². The van der Waals surface area contributed by atoms with Crippen LogP contribution in [0.3, 0.4) is 0 Å². The summed E-state index contributed by atoms with van der Waals surface area (Å²) in [6.07, 6.45) is -10.3. The number of aromatic nitrogens is 2. The second kappa shape index (κ2) is 27.0. The van der Waals surface area contributed by atoms with Gasteiger partial charge in [0.2, 0.25) is 23.3 Å². The molecule has 4 heterocycles. The van der Waals surface area contributed by atoms with Crippen molar-refractivity contribution in [3.8, 4) is 11.4 Å². The number of hydrogen-bond acceptors (Lipinski definition) is 18. The third kappa shape index (κ3) is 15.2. The summed E-state index contributed by atoms with van der Waals surface area (Å²) in [6, 6.07) is 7.99. The first-order valence-electron chi connectivity index (χ1n) is 25.9. The number of rotatable bonds is 29. The molecule has 77 heavy (non-hydrogen) atoms. The highest BCUT2D eigenvalue weighted by Gasteiger charge is 2.51. The van der Waals surface area contributed by atoms with Crippen molar-refractivity contribution in [2.75, 3.05) is 26.3 Å². The zero-order valence-electron chi connectivity index (χ0n) is 44.6. The molecule has 5 rings (SSSR count). The van der Waals surface area contributed by atoms with E-state index in [0.717, 1.165) is 10.9 Å². The predicted molar refractivity (Wildman–Crippen MR) is 275 cm³/mol. The van der Waals surface area contributed by atoms with Gasteiger partial charge in [-0.25, -0.2) is 14.6 Å². The number of pyridine rings is 2. The molecule has 0 bridgehead atoms. The average Bonchev–Trinajstić information content (AvgIpc) is 3.75. The number of Topliss-reactive ketones (excluding diaryl/α,β-unsaturated/α-hetero) is 3. The van der Waals surface area contributed by atoms with Crippen LogP contribution in [0.25, 0.3) is 22.3 Å². The molecule has 3 aromatic rings. The Balaban J connectivity index is 1.18. The van der Waals surface area contributed by atoms with E-state index in [1.807, 2.05) is 58.0 Å². The van der Waals surface area contributed by atoms with Crippen LogP contribution in [0, 0.1) is 11.3 Å². The molecular weight excluding hydrogens is 1000 g/mol. The number of amides is 4. The second-order valence-electron chi connectivity index (χ2n) is 20.5. The third-order valence-corrected chi connectivity index (χ3v) is 13.7. The van der Waals surface area contributed by atoms with Crippen LogP contribution in [0.4, 0.5) is 0 Å². The molecule has 23 heteroatoms. The summed E-state index contributed by atoms with van der Waals surface area (Å²) in [5.41, 5.74) is -0.265. The van der Waals surface area contributed by atoms with Crippen LogP contribution in [-0.2, 0) is 76.1 Å². The Morgan fingerprint density at radius 3 is 2.10 bits per heavy atom. The van der Waals surface area contributed by atoms with Crippen molar-refractivity contribution in [2.24, 2.45) is 11.3 Å². The number of fused-ring (bicyclic) bond motifs is 5. The van der Waals surface area contributed by atoms with Crippen LogP contribution < -0.4 is 26.8 Å². The minimum absolute atomic E-state index is 0.0423. The number of aliphatic hydroxyl groups is 4. The summed E-state index contributed by atoms with van der Waals surface area (Å²) >= 11 is 0. The largest absolute Gasteiger partial charge is 0.457 e. The smallest absolute Gasteiger partial charge is 0.355 e. The van der Waals surface area contributed by atoms with E-state index < -0.39 is 95.3 Å². The molecule has 0 saturated heterocycles. The van der Waals surface area contributed by atoms with E-state index >= 15 is 0 Å². The number of aliphatic hydroxyl groups excluding tert-OH is 4. The zero-order chi connectivity index (χ0) is 56.9. The van der Waals surface area contributed by atoms with Gasteiger partial charge in [0, 0.05) is 61.2 Å². The van der Waals surface area contributed by atoms with E-state index in [1.165, 1.54) is 18.4 Å². The molecule has 23 nitrogen and oxygen atoms in total. The number of ketones is 3. The van der Waals surface area contributed by atoms with Gasteiger partial charge in [0.15, 0.2) is 17.7 Å². The summed E-state index contributed by atoms with van der Waals surface area (Å²) < 4.78 is 18.2. The summed E-state index contributed by atoms with van der Waals surface area (Å²) in [5.74, 6) is -7.11. The van der Waals surface area contributed by atoms with Crippen LogP contribution in [-0.4, -0.2) is 146 Å². The lowest BCUT2D eigenvalue weighted by molar-refractivity contribution is -0.190. The predicted octanol–water partition coefficient (Wildman–Crippen LogP) is 0.843. The van der Waals surface area contributed by atoms with Crippen molar-refractivity contribution in [3.63, 3.8) is 0 Å². The highest BCUT2D eigenvalue weighted by molar-refractivity contribution is 5.95. The molecule has 2 aliphatic rings. The van der Waals surface area contributed by atoms with Crippen LogP contribution in [0.5, 0.6) is 0 Å². The number of carbonyl (C=O) groups excluding carboxylic acids is 9. The lowest BCUT2D eigenvalue weighted by atomic mass is 9.78. The van der Waals surface area contributed by atoms with Crippen LogP contribution in [0.15, 0.2) is 41.2 Å². The van der Waals surface area contributed by atoms with Gasteiger partial charge in [-0.15, -0.1) is 0 Å². The Kier molecular flexibility index (Phi) is 21.4. The van der Waals surface area contributed by atoms with Gasteiger partial charge >= 0.3 is 11.9 Å².